The molecule has 7 nitrogen and oxygen atoms in total. The largest absolute Gasteiger partial charge is 0.441 e. The Balaban J connectivity index is 1.60. The van der Waals surface area contributed by atoms with Crippen LogP contribution in [-0.2, 0) is 4.79 Å². The highest BCUT2D eigenvalue weighted by Crippen LogP contribution is 2.32. The van der Waals surface area contributed by atoms with E-state index in [1.54, 1.807) is 27.7 Å². The number of hydrogen-bond acceptors (Lipinski definition) is 6. The van der Waals surface area contributed by atoms with Gasteiger partial charge in [0, 0.05) is 43.3 Å². The number of rotatable bonds is 6. The van der Waals surface area contributed by atoms with Gasteiger partial charge in [0.1, 0.15) is 5.76 Å². The number of aromatic nitrogens is 1. The molecule has 2 aliphatic heterocycles. The number of likely N-dealkylation sites (N-methyl/N-ethyl adjacent to an activating group) is 1. The number of nitrogens with zero attached hydrogens (tertiary/aromatic N) is 4. The Morgan fingerprint density at radius 1 is 1.11 bits per heavy atom. The Morgan fingerprint density at radius 3 is 2.45 bits per heavy atom. The lowest BCUT2D eigenvalue weighted by Crippen LogP contribution is -2.43. The molecule has 2 aliphatic rings. The van der Waals surface area contributed by atoms with Crippen molar-refractivity contribution in [2.75, 3.05) is 31.1 Å². The lowest BCUT2D eigenvalue weighted by Gasteiger charge is -2.29. The second-order valence-corrected chi connectivity index (χ2v) is 11.1. The Bertz CT molecular complexity index is 1520. The van der Waals surface area contributed by atoms with Crippen molar-refractivity contribution >= 4 is 40.8 Å². The summed E-state index contributed by atoms with van der Waals surface area (Å²) in [5.41, 5.74) is 1.75. The summed E-state index contributed by atoms with van der Waals surface area (Å²) in [6.45, 7) is 8.86. The third kappa shape index (κ3) is 5.12. The average molecular weight is 553 g/mol. The first-order valence-electron chi connectivity index (χ1n) is 13.3. The molecule has 9 heteroatoms. The van der Waals surface area contributed by atoms with E-state index in [2.05, 4.69) is 4.90 Å². The van der Waals surface area contributed by atoms with Crippen LogP contribution in [0.25, 0.3) is 6.08 Å². The molecule has 4 heterocycles. The molecule has 5 rings (SSSR count). The number of carbonyl (C=O) groups is 1. The molecule has 1 atom stereocenters. The van der Waals surface area contributed by atoms with Crippen molar-refractivity contribution in [1.82, 2.24) is 9.47 Å². The van der Waals surface area contributed by atoms with Crippen molar-refractivity contribution in [2.45, 2.75) is 52.5 Å². The number of halogens is 1. The van der Waals surface area contributed by atoms with Crippen LogP contribution in [0, 0.1) is 0 Å². The molecule has 1 saturated heterocycles. The first kappa shape index (κ1) is 26.5. The number of thiazole rings is 1. The minimum Gasteiger partial charge on any atom is -0.441 e. The molecule has 1 aromatic carbocycles. The highest BCUT2D eigenvalue weighted by Gasteiger charge is 2.34. The number of furan rings is 1. The monoisotopic (exact) mass is 552 g/mol. The first-order valence-corrected chi connectivity index (χ1v) is 14.5. The van der Waals surface area contributed by atoms with Crippen molar-refractivity contribution in [3.05, 3.63) is 83.7 Å². The van der Waals surface area contributed by atoms with Gasteiger partial charge in [0.05, 0.1) is 21.8 Å². The van der Waals surface area contributed by atoms with E-state index in [1.807, 2.05) is 45.0 Å². The van der Waals surface area contributed by atoms with E-state index in [9.17, 15) is 9.59 Å². The number of hydrogen-bond donors (Lipinski definition) is 0. The lowest BCUT2D eigenvalue weighted by molar-refractivity contribution is -0.127. The molecule has 0 bridgehead atoms. The third-order valence-corrected chi connectivity index (χ3v) is 8.53. The van der Waals surface area contributed by atoms with E-state index < -0.39 is 6.04 Å². The van der Waals surface area contributed by atoms with E-state index in [-0.39, 0.29) is 11.5 Å². The van der Waals surface area contributed by atoms with Crippen LogP contribution in [0.1, 0.15) is 63.8 Å². The molecule has 1 fully saturated rings. The van der Waals surface area contributed by atoms with E-state index in [4.69, 9.17) is 21.0 Å². The van der Waals surface area contributed by atoms with Gasteiger partial charge in [-0.2, -0.15) is 0 Å². The molecule has 200 valence electrons. The number of anilines is 1. The fourth-order valence-electron chi connectivity index (χ4n) is 5.25. The highest BCUT2D eigenvalue weighted by atomic mass is 35.5. The summed E-state index contributed by atoms with van der Waals surface area (Å²) in [6.07, 6.45) is 6.60. The molecule has 0 saturated carbocycles. The van der Waals surface area contributed by atoms with Crippen molar-refractivity contribution in [3.63, 3.8) is 0 Å². The van der Waals surface area contributed by atoms with E-state index in [1.165, 1.54) is 24.2 Å². The van der Waals surface area contributed by atoms with Crippen LogP contribution < -0.4 is 19.8 Å². The number of benzene rings is 1. The smallest absolute Gasteiger partial charge is 0.271 e. The van der Waals surface area contributed by atoms with E-state index >= 15 is 0 Å². The molecule has 1 amide bonds. The Kier molecular flexibility index (Phi) is 7.91. The maximum atomic E-state index is 13.9. The fraction of sp³-hybridized carbons (Fsp3) is 0.414. The van der Waals surface area contributed by atoms with Gasteiger partial charge in [0.2, 0.25) is 0 Å². The molecule has 0 N–H and O–H groups in total. The quantitative estimate of drug-likeness (QED) is 0.443. The molecule has 0 aliphatic carbocycles. The molecule has 2 aromatic heterocycles. The number of amides is 1. The predicted octanol–water partition coefficient (Wildman–Crippen LogP) is 4.73. The summed E-state index contributed by atoms with van der Waals surface area (Å²) in [7, 11) is 0. The van der Waals surface area contributed by atoms with E-state index in [0.29, 0.717) is 44.5 Å². The second-order valence-electron chi connectivity index (χ2n) is 9.69. The molecule has 38 heavy (non-hydrogen) atoms. The van der Waals surface area contributed by atoms with Crippen LogP contribution in [0.15, 0.2) is 61.9 Å². The van der Waals surface area contributed by atoms with Crippen LogP contribution in [-0.4, -0.2) is 41.6 Å². The Labute approximate surface area is 231 Å². The van der Waals surface area contributed by atoms with E-state index in [0.717, 1.165) is 37.4 Å². The average Bonchev–Trinajstić information content (AvgIpc) is 3.37. The van der Waals surface area contributed by atoms with Crippen LogP contribution in [0.5, 0.6) is 0 Å². The molecular weight excluding hydrogens is 520 g/mol. The summed E-state index contributed by atoms with van der Waals surface area (Å²) < 4.78 is 8.31. The zero-order valence-corrected chi connectivity index (χ0v) is 23.6. The zero-order valence-electron chi connectivity index (χ0n) is 22.1. The molecular formula is C29H33ClN4O3S. The first-order chi connectivity index (χ1) is 18.4. The van der Waals surface area contributed by atoms with Gasteiger partial charge in [-0.15, -0.1) is 0 Å². The number of allylic oxidation sites excluding steroid dienone is 1. The van der Waals surface area contributed by atoms with Crippen LogP contribution >= 0.6 is 22.9 Å². The summed E-state index contributed by atoms with van der Waals surface area (Å²) >= 11 is 7.49. The van der Waals surface area contributed by atoms with Crippen molar-refractivity contribution in [1.29, 1.82) is 0 Å². The minimum atomic E-state index is -0.594. The lowest BCUT2D eigenvalue weighted by atomic mass is 9.94. The van der Waals surface area contributed by atoms with Gasteiger partial charge >= 0.3 is 0 Å². The molecule has 0 radical (unpaired) electrons. The van der Waals surface area contributed by atoms with Crippen molar-refractivity contribution in [3.8, 4) is 0 Å². The number of carbonyl (C=O) groups excluding carboxylic acids is 1. The normalized spacial score (nSPS) is 18.3. The molecule has 0 spiro atoms. The predicted molar refractivity (Wildman–Crippen MR) is 153 cm³/mol. The topological polar surface area (TPSA) is 71.1 Å². The highest BCUT2D eigenvalue weighted by molar-refractivity contribution is 7.07. The van der Waals surface area contributed by atoms with Gasteiger partial charge in [-0.3, -0.25) is 14.2 Å². The maximum Gasteiger partial charge on any atom is 0.271 e. The summed E-state index contributed by atoms with van der Waals surface area (Å²) in [6, 6.07) is 10.6. The standard InChI is InChI=1S/C29H33ClN4O3S/c1-4-32(5-2)28(36)25-19(3)31-29-34(26(25)20-10-12-21(30)13-11-20)27(35)23(38-29)18-22-14-15-24(37-22)33-16-8-6-7-9-17-33/h10-15,18,26H,4-9,16-17H2,1-3H3/b23-18+/t26-/m0/s1. The van der Waals surface area contributed by atoms with Crippen LogP contribution in [0.4, 0.5) is 5.88 Å². The molecule has 3 aromatic rings. The van der Waals surface area contributed by atoms with Gasteiger partial charge in [0.15, 0.2) is 10.7 Å². The Morgan fingerprint density at radius 2 is 1.79 bits per heavy atom. The van der Waals surface area contributed by atoms with Crippen molar-refractivity contribution in [2.24, 2.45) is 4.99 Å². The minimum absolute atomic E-state index is 0.112. The summed E-state index contributed by atoms with van der Waals surface area (Å²) in [5, 5.41) is 0.594. The summed E-state index contributed by atoms with van der Waals surface area (Å²) in [5.74, 6) is 1.36. The second kappa shape index (κ2) is 11.3. The van der Waals surface area contributed by atoms with Crippen LogP contribution in [0.2, 0.25) is 5.02 Å². The maximum absolute atomic E-state index is 13.9. The van der Waals surface area contributed by atoms with Gasteiger partial charge in [-0.1, -0.05) is 47.9 Å². The third-order valence-electron chi connectivity index (χ3n) is 7.29. The van der Waals surface area contributed by atoms with Gasteiger partial charge in [0.25, 0.3) is 11.5 Å². The summed E-state index contributed by atoms with van der Waals surface area (Å²) in [4.78, 5) is 36.9. The fourth-order valence-corrected chi connectivity index (χ4v) is 6.40. The molecule has 0 unspecified atom stereocenters. The van der Waals surface area contributed by atoms with Gasteiger partial charge < -0.3 is 14.2 Å². The van der Waals surface area contributed by atoms with Gasteiger partial charge in [-0.25, -0.2) is 4.99 Å². The van der Waals surface area contributed by atoms with Crippen molar-refractivity contribution < 1.29 is 9.21 Å². The number of fused-ring (bicyclic) bond motifs is 1. The Hall–Kier alpha value is -3.10. The van der Waals surface area contributed by atoms with Crippen LogP contribution in [0.3, 0.4) is 0 Å². The zero-order chi connectivity index (χ0) is 26.8. The SMILES string of the molecule is CCN(CC)C(=O)C1=C(C)N=c2s/c(=C/c3ccc(N4CCCCCC4)o3)c(=O)n2[C@H]1c1ccc(Cl)cc1. The van der Waals surface area contributed by atoms with Gasteiger partial charge in [-0.05, 0) is 57.4 Å².